The molecule has 2 rings (SSSR count). The van der Waals surface area contributed by atoms with Gasteiger partial charge in [-0.25, -0.2) is 0 Å². The zero-order valence-electron chi connectivity index (χ0n) is 11.7. The zero-order chi connectivity index (χ0) is 15.9. The minimum atomic E-state index is -0.0673. The van der Waals surface area contributed by atoms with E-state index in [0.29, 0.717) is 37.0 Å². The summed E-state index contributed by atoms with van der Waals surface area (Å²) >= 11 is 0. The van der Waals surface area contributed by atoms with E-state index in [-0.39, 0.29) is 22.6 Å². The molecule has 0 heterocycles. The number of phenols is 2. The van der Waals surface area contributed by atoms with Crippen LogP contribution in [0.4, 0.5) is 11.4 Å². The van der Waals surface area contributed by atoms with E-state index >= 15 is 0 Å². The highest BCUT2D eigenvalue weighted by molar-refractivity contribution is 5.81. The summed E-state index contributed by atoms with van der Waals surface area (Å²) in [7, 11) is 0. The summed E-state index contributed by atoms with van der Waals surface area (Å²) < 4.78 is 0. The van der Waals surface area contributed by atoms with E-state index in [0.717, 1.165) is 0 Å². The number of nitrogens with one attached hydrogen (secondary N) is 2. The second-order valence-corrected chi connectivity index (χ2v) is 4.64. The van der Waals surface area contributed by atoms with Crippen LogP contribution in [0.3, 0.4) is 0 Å². The average molecular weight is 300 g/mol. The molecule has 0 spiro atoms. The monoisotopic (exact) mass is 300 g/mol. The van der Waals surface area contributed by atoms with Crippen LogP contribution in [-0.4, -0.2) is 35.9 Å². The SMILES string of the molecule is O=Cc1ccc(NCCNc2ccc(C=O)c(O)c2)cc1O. The van der Waals surface area contributed by atoms with Crippen molar-refractivity contribution in [3.8, 4) is 11.5 Å². The van der Waals surface area contributed by atoms with Gasteiger partial charge >= 0.3 is 0 Å². The maximum Gasteiger partial charge on any atom is 0.153 e. The van der Waals surface area contributed by atoms with Crippen molar-refractivity contribution in [2.75, 3.05) is 23.7 Å². The summed E-state index contributed by atoms with van der Waals surface area (Å²) in [5.41, 5.74) is 1.89. The number of benzene rings is 2. The van der Waals surface area contributed by atoms with Crippen molar-refractivity contribution in [3.63, 3.8) is 0 Å². The zero-order valence-corrected chi connectivity index (χ0v) is 11.7. The lowest BCUT2D eigenvalue weighted by molar-refractivity contribution is 0.111. The van der Waals surface area contributed by atoms with E-state index in [4.69, 9.17) is 0 Å². The summed E-state index contributed by atoms with van der Waals surface area (Å²) in [6, 6.07) is 9.44. The minimum Gasteiger partial charge on any atom is -0.507 e. The highest BCUT2D eigenvalue weighted by Crippen LogP contribution is 2.21. The van der Waals surface area contributed by atoms with Crippen LogP contribution >= 0.6 is 0 Å². The third-order valence-corrected chi connectivity index (χ3v) is 3.10. The van der Waals surface area contributed by atoms with Gasteiger partial charge in [0.1, 0.15) is 11.5 Å². The Labute approximate surface area is 127 Å². The van der Waals surface area contributed by atoms with Gasteiger partial charge in [0.05, 0.1) is 11.1 Å². The molecule has 6 nitrogen and oxygen atoms in total. The number of phenolic OH excluding ortho intramolecular Hbond substituents is 2. The predicted octanol–water partition coefficient (Wildman–Crippen LogP) is 2.25. The summed E-state index contributed by atoms with van der Waals surface area (Å²) in [4.78, 5) is 21.2. The van der Waals surface area contributed by atoms with Crippen molar-refractivity contribution >= 4 is 23.9 Å². The van der Waals surface area contributed by atoms with E-state index < -0.39 is 0 Å². The molecule has 0 aliphatic heterocycles. The van der Waals surface area contributed by atoms with Gasteiger partial charge in [-0.3, -0.25) is 9.59 Å². The Bertz CT molecular complexity index is 626. The standard InChI is InChI=1S/C16H16N2O4/c19-9-11-1-3-13(7-15(11)21)17-5-6-18-14-4-2-12(10-20)16(22)8-14/h1-4,7-10,17-18,21-22H,5-6H2. The highest BCUT2D eigenvalue weighted by Gasteiger charge is 2.02. The maximum absolute atomic E-state index is 10.6. The molecule has 0 bridgehead atoms. The van der Waals surface area contributed by atoms with Crippen LogP contribution < -0.4 is 10.6 Å². The van der Waals surface area contributed by atoms with Gasteiger partial charge in [-0.1, -0.05) is 0 Å². The van der Waals surface area contributed by atoms with Crippen molar-refractivity contribution in [2.24, 2.45) is 0 Å². The van der Waals surface area contributed by atoms with E-state index in [1.165, 1.54) is 24.3 Å². The molecule has 2 aromatic rings. The van der Waals surface area contributed by atoms with E-state index in [9.17, 15) is 19.8 Å². The van der Waals surface area contributed by atoms with Crippen molar-refractivity contribution in [1.82, 2.24) is 0 Å². The van der Waals surface area contributed by atoms with Gasteiger partial charge in [0.2, 0.25) is 0 Å². The van der Waals surface area contributed by atoms with Crippen LogP contribution in [-0.2, 0) is 0 Å². The second-order valence-electron chi connectivity index (χ2n) is 4.64. The first-order valence-corrected chi connectivity index (χ1v) is 6.68. The number of anilines is 2. The minimum absolute atomic E-state index is 0.0673. The molecule has 6 heteroatoms. The number of aldehydes is 2. The molecule has 2 aromatic carbocycles. The number of carbonyl (C=O) groups is 2. The fourth-order valence-electron chi connectivity index (χ4n) is 1.92. The van der Waals surface area contributed by atoms with Crippen LogP contribution in [0, 0.1) is 0 Å². The smallest absolute Gasteiger partial charge is 0.153 e. The molecule has 0 fully saturated rings. The van der Waals surface area contributed by atoms with Crippen LogP contribution in [0.1, 0.15) is 20.7 Å². The highest BCUT2D eigenvalue weighted by atomic mass is 16.3. The third-order valence-electron chi connectivity index (χ3n) is 3.10. The summed E-state index contributed by atoms with van der Waals surface area (Å²) in [5, 5.41) is 25.3. The molecule has 0 aliphatic carbocycles. The van der Waals surface area contributed by atoms with Gasteiger partial charge in [0.25, 0.3) is 0 Å². The quantitative estimate of drug-likeness (QED) is 0.462. The lowest BCUT2D eigenvalue weighted by Gasteiger charge is -2.10. The normalized spacial score (nSPS) is 10.0. The van der Waals surface area contributed by atoms with Crippen LogP contribution in [0.25, 0.3) is 0 Å². The molecule has 0 aromatic heterocycles. The topological polar surface area (TPSA) is 98.7 Å². The number of carbonyl (C=O) groups excluding carboxylic acids is 2. The van der Waals surface area contributed by atoms with Gasteiger partial charge in [-0.15, -0.1) is 0 Å². The lowest BCUT2D eigenvalue weighted by atomic mass is 10.2. The van der Waals surface area contributed by atoms with Crippen LogP contribution in [0.2, 0.25) is 0 Å². The first-order chi connectivity index (χ1) is 10.6. The molecular weight excluding hydrogens is 284 g/mol. The predicted molar refractivity (Wildman–Crippen MR) is 84.0 cm³/mol. The molecule has 0 aliphatic rings. The molecule has 0 saturated heterocycles. The van der Waals surface area contributed by atoms with Crippen LogP contribution in [0.15, 0.2) is 36.4 Å². The Morgan fingerprint density at radius 2 is 1.18 bits per heavy atom. The van der Waals surface area contributed by atoms with Crippen molar-refractivity contribution in [1.29, 1.82) is 0 Å². The fourth-order valence-corrected chi connectivity index (χ4v) is 1.92. The molecule has 22 heavy (non-hydrogen) atoms. The second kappa shape index (κ2) is 7.12. The molecule has 0 amide bonds. The van der Waals surface area contributed by atoms with Gasteiger partial charge in [-0.05, 0) is 24.3 Å². The van der Waals surface area contributed by atoms with E-state index in [2.05, 4.69) is 10.6 Å². The Kier molecular flexibility index (Phi) is 4.98. The van der Waals surface area contributed by atoms with Gasteiger partial charge in [-0.2, -0.15) is 0 Å². The lowest BCUT2D eigenvalue weighted by Crippen LogP contribution is -2.13. The Morgan fingerprint density at radius 1 is 0.773 bits per heavy atom. The first-order valence-electron chi connectivity index (χ1n) is 6.68. The summed E-state index contributed by atoms with van der Waals surface area (Å²) in [5.74, 6) is -0.135. The van der Waals surface area contributed by atoms with E-state index in [1.807, 2.05) is 0 Å². The average Bonchev–Trinajstić information content (AvgIpc) is 2.52. The Balaban J connectivity index is 1.84. The van der Waals surface area contributed by atoms with Crippen molar-refractivity contribution in [3.05, 3.63) is 47.5 Å². The van der Waals surface area contributed by atoms with Gasteiger partial charge in [0.15, 0.2) is 12.6 Å². The Hall–Kier alpha value is -3.02. The largest absolute Gasteiger partial charge is 0.507 e. The number of aromatic hydroxyl groups is 2. The third kappa shape index (κ3) is 3.76. The van der Waals surface area contributed by atoms with Crippen molar-refractivity contribution in [2.45, 2.75) is 0 Å². The van der Waals surface area contributed by atoms with Gasteiger partial charge in [0, 0.05) is 36.6 Å². The summed E-state index contributed by atoms with van der Waals surface area (Å²) in [6.07, 6.45) is 1.19. The molecule has 0 radical (unpaired) electrons. The van der Waals surface area contributed by atoms with Crippen molar-refractivity contribution < 1.29 is 19.8 Å². The molecule has 0 atom stereocenters. The molecule has 114 valence electrons. The molecule has 4 N–H and O–H groups in total. The molecule has 0 unspecified atom stereocenters. The fraction of sp³-hybridized carbons (Fsp3) is 0.125. The van der Waals surface area contributed by atoms with Crippen LogP contribution in [0.5, 0.6) is 11.5 Å². The maximum atomic E-state index is 10.6. The first kappa shape index (κ1) is 15.4. The van der Waals surface area contributed by atoms with E-state index in [1.54, 1.807) is 12.1 Å². The molecule has 0 saturated carbocycles. The van der Waals surface area contributed by atoms with Gasteiger partial charge < -0.3 is 20.8 Å². The number of hydrogen-bond acceptors (Lipinski definition) is 6. The number of rotatable bonds is 7. The summed E-state index contributed by atoms with van der Waals surface area (Å²) in [6.45, 7) is 1.13. The molecular formula is C16H16N2O4. The Morgan fingerprint density at radius 3 is 1.50 bits per heavy atom. The number of hydrogen-bond donors (Lipinski definition) is 4.